The number of anilines is 1. The second-order valence-corrected chi connectivity index (χ2v) is 7.50. The molecule has 0 saturated carbocycles. The van der Waals surface area contributed by atoms with Crippen LogP contribution in [-0.2, 0) is 4.79 Å². The summed E-state index contributed by atoms with van der Waals surface area (Å²) in [7, 11) is 0. The monoisotopic (exact) mass is 329 g/mol. The number of rotatable bonds is 4. The number of amides is 1. The van der Waals surface area contributed by atoms with Gasteiger partial charge in [0.05, 0.1) is 12.2 Å². The van der Waals surface area contributed by atoms with Crippen LogP contribution in [0.25, 0.3) is 11.3 Å². The van der Waals surface area contributed by atoms with E-state index in [1.54, 1.807) is 0 Å². The summed E-state index contributed by atoms with van der Waals surface area (Å²) in [6.45, 7) is 6.82. The number of thiazole rings is 1. The summed E-state index contributed by atoms with van der Waals surface area (Å²) in [5.74, 6) is 0.817. The smallest absolute Gasteiger partial charge is 0.240 e. The number of aromatic nitrogens is 1. The normalized spacial score (nSPS) is 16.4. The lowest BCUT2D eigenvalue weighted by Crippen LogP contribution is -2.38. The Morgan fingerprint density at radius 1 is 1.30 bits per heavy atom. The molecule has 1 aliphatic heterocycles. The average Bonchev–Trinajstić information content (AvgIpc) is 2.91. The van der Waals surface area contributed by atoms with Gasteiger partial charge in [0, 0.05) is 10.4 Å². The van der Waals surface area contributed by atoms with Gasteiger partial charge in [-0.2, -0.15) is 0 Å². The molecular formula is C18H23N3OS. The maximum absolute atomic E-state index is 12.2. The predicted octanol–water partition coefficient (Wildman–Crippen LogP) is 3.79. The molecule has 122 valence electrons. The maximum Gasteiger partial charge on any atom is 0.240 e. The molecule has 1 amide bonds. The van der Waals surface area contributed by atoms with E-state index >= 15 is 0 Å². The lowest BCUT2D eigenvalue weighted by molar-refractivity contribution is -0.117. The quantitative estimate of drug-likeness (QED) is 0.928. The molecule has 1 aliphatic rings. The Labute approximate surface area is 141 Å². The van der Waals surface area contributed by atoms with Crippen molar-refractivity contribution in [1.82, 2.24) is 9.88 Å². The standard InChI is InChI=1S/C18H23N3OS/c1-13-8-10-21(11-9-13)12-16(22)19-18-20-17(14(2)23-18)15-6-4-3-5-7-15/h3-7,13H,8-12H2,1-2H3,(H,19,20,22). The summed E-state index contributed by atoms with van der Waals surface area (Å²) in [4.78, 5) is 20.2. The topological polar surface area (TPSA) is 45.2 Å². The number of likely N-dealkylation sites (tertiary alicyclic amines) is 1. The second kappa shape index (κ2) is 7.23. The number of hydrogen-bond acceptors (Lipinski definition) is 4. The molecule has 1 N–H and O–H groups in total. The van der Waals surface area contributed by atoms with E-state index in [0.29, 0.717) is 11.7 Å². The predicted molar refractivity (Wildman–Crippen MR) is 95.8 cm³/mol. The van der Waals surface area contributed by atoms with Crippen LogP contribution >= 0.6 is 11.3 Å². The minimum absolute atomic E-state index is 0.0351. The highest BCUT2D eigenvalue weighted by atomic mass is 32.1. The molecule has 0 spiro atoms. The van der Waals surface area contributed by atoms with Crippen molar-refractivity contribution in [2.24, 2.45) is 5.92 Å². The summed E-state index contributed by atoms with van der Waals surface area (Å²) in [6, 6.07) is 10.1. The minimum Gasteiger partial charge on any atom is -0.301 e. The summed E-state index contributed by atoms with van der Waals surface area (Å²) in [5.41, 5.74) is 2.05. The van der Waals surface area contributed by atoms with Gasteiger partial charge in [-0.3, -0.25) is 9.69 Å². The third-order valence-electron chi connectivity index (χ3n) is 4.33. The zero-order valence-corrected chi connectivity index (χ0v) is 14.5. The number of hydrogen-bond donors (Lipinski definition) is 1. The molecule has 0 unspecified atom stereocenters. The molecule has 2 heterocycles. The molecule has 0 bridgehead atoms. The number of aryl methyl sites for hydroxylation is 1. The fourth-order valence-electron chi connectivity index (χ4n) is 2.90. The van der Waals surface area contributed by atoms with Crippen molar-refractivity contribution in [1.29, 1.82) is 0 Å². The Balaban J connectivity index is 1.61. The minimum atomic E-state index is 0.0351. The third kappa shape index (κ3) is 4.18. The number of piperidine rings is 1. The summed E-state index contributed by atoms with van der Waals surface area (Å²) >= 11 is 1.54. The van der Waals surface area contributed by atoms with Crippen LogP contribution in [-0.4, -0.2) is 35.4 Å². The lowest BCUT2D eigenvalue weighted by Gasteiger charge is -2.29. The van der Waals surface area contributed by atoms with Gasteiger partial charge >= 0.3 is 0 Å². The fourth-order valence-corrected chi connectivity index (χ4v) is 3.75. The van der Waals surface area contributed by atoms with Crippen molar-refractivity contribution in [3.8, 4) is 11.3 Å². The van der Waals surface area contributed by atoms with Crippen molar-refractivity contribution in [3.05, 3.63) is 35.2 Å². The first-order valence-electron chi connectivity index (χ1n) is 8.17. The highest BCUT2D eigenvalue weighted by Crippen LogP contribution is 2.30. The third-order valence-corrected chi connectivity index (χ3v) is 5.22. The zero-order chi connectivity index (χ0) is 16.2. The molecule has 0 aliphatic carbocycles. The van der Waals surface area contributed by atoms with Crippen molar-refractivity contribution in [2.75, 3.05) is 25.0 Å². The average molecular weight is 329 g/mol. The highest BCUT2D eigenvalue weighted by Gasteiger charge is 2.19. The van der Waals surface area contributed by atoms with Crippen molar-refractivity contribution in [3.63, 3.8) is 0 Å². The van der Waals surface area contributed by atoms with Gasteiger partial charge in [0.25, 0.3) is 0 Å². The molecule has 4 nitrogen and oxygen atoms in total. The van der Waals surface area contributed by atoms with Crippen molar-refractivity contribution < 1.29 is 4.79 Å². The molecule has 1 aromatic carbocycles. The molecule has 0 radical (unpaired) electrons. The number of nitrogens with one attached hydrogen (secondary N) is 1. The van der Waals surface area contributed by atoms with E-state index in [2.05, 4.69) is 22.1 Å². The van der Waals surface area contributed by atoms with Crippen molar-refractivity contribution >= 4 is 22.4 Å². The van der Waals surface area contributed by atoms with Crippen LogP contribution in [0.15, 0.2) is 30.3 Å². The number of carbonyl (C=O) groups excluding carboxylic acids is 1. The first-order valence-corrected chi connectivity index (χ1v) is 8.98. The van der Waals surface area contributed by atoms with Gasteiger partial charge in [0.1, 0.15) is 0 Å². The Morgan fingerprint density at radius 2 is 2.00 bits per heavy atom. The summed E-state index contributed by atoms with van der Waals surface area (Å²) in [6.07, 6.45) is 2.36. The molecule has 2 aromatic rings. The van der Waals surface area contributed by atoms with Crippen LogP contribution in [0.1, 0.15) is 24.6 Å². The van der Waals surface area contributed by atoms with Gasteiger partial charge in [-0.25, -0.2) is 4.98 Å². The number of benzene rings is 1. The van der Waals surface area contributed by atoms with E-state index in [4.69, 9.17) is 0 Å². The molecule has 1 aromatic heterocycles. The second-order valence-electron chi connectivity index (χ2n) is 6.30. The van der Waals surface area contributed by atoms with Crippen LogP contribution < -0.4 is 5.32 Å². The molecule has 23 heavy (non-hydrogen) atoms. The fraction of sp³-hybridized carbons (Fsp3) is 0.444. The number of carbonyl (C=O) groups is 1. The highest BCUT2D eigenvalue weighted by molar-refractivity contribution is 7.16. The van der Waals surface area contributed by atoms with Gasteiger partial charge in [-0.1, -0.05) is 37.3 Å². The van der Waals surface area contributed by atoms with E-state index in [1.165, 1.54) is 24.2 Å². The van der Waals surface area contributed by atoms with E-state index in [9.17, 15) is 4.79 Å². The van der Waals surface area contributed by atoms with Crippen LogP contribution in [0, 0.1) is 12.8 Å². The molecule has 1 fully saturated rings. The summed E-state index contributed by atoms with van der Waals surface area (Å²) < 4.78 is 0. The Kier molecular flexibility index (Phi) is 5.08. The van der Waals surface area contributed by atoms with Crippen LogP contribution in [0.2, 0.25) is 0 Å². The van der Waals surface area contributed by atoms with E-state index in [1.807, 2.05) is 37.3 Å². The van der Waals surface area contributed by atoms with E-state index in [-0.39, 0.29) is 5.91 Å². The zero-order valence-electron chi connectivity index (χ0n) is 13.7. The molecule has 0 atom stereocenters. The van der Waals surface area contributed by atoms with Gasteiger partial charge in [0.2, 0.25) is 5.91 Å². The van der Waals surface area contributed by atoms with E-state index in [0.717, 1.165) is 35.1 Å². The largest absolute Gasteiger partial charge is 0.301 e. The SMILES string of the molecule is Cc1sc(NC(=O)CN2CCC(C)CC2)nc1-c1ccccc1. The van der Waals surface area contributed by atoms with E-state index < -0.39 is 0 Å². The molecule has 1 saturated heterocycles. The molecule has 3 rings (SSSR count). The van der Waals surface area contributed by atoms with Crippen LogP contribution in [0.5, 0.6) is 0 Å². The first-order chi connectivity index (χ1) is 11.1. The Hall–Kier alpha value is -1.72. The first kappa shape index (κ1) is 16.1. The van der Waals surface area contributed by atoms with Crippen LogP contribution in [0.3, 0.4) is 0 Å². The Morgan fingerprint density at radius 3 is 2.70 bits per heavy atom. The van der Waals surface area contributed by atoms with Gasteiger partial charge in [0.15, 0.2) is 5.13 Å². The maximum atomic E-state index is 12.2. The van der Waals surface area contributed by atoms with Gasteiger partial charge in [-0.05, 0) is 38.8 Å². The van der Waals surface area contributed by atoms with Gasteiger partial charge < -0.3 is 5.32 Å². The molecular weight excluding hydrogens is 306 g/mol. The van der Waals surface area contributed by atoms with Crippen molar-refractivity contribution in [2.45, 2.75) is 26.7 Å². The van der Waals surface area contributed by atoms with Crippen LogP contribution in [0.4, 0.5) is 5.13 Å². The van der Waals surface area contributed by atoms with Gasteiger partial charge in [-0.15, -0.1) is 11.3 Å². The lowest BCUT2D eigenvalue weighted by atomic mass is 9.99. The Bertz CT molecular complexity index is 660. The molecule has 5 heteroatoms. The number of nitrogens with zero attached hydrogens (tertiary/aromatic N) is 2. The summed E-state index contributed by atoms with van der Waals surface area (Å²) in [5, 5.41) is 3.65.